The largest absolute Gasteiger partial charge is 0.465 e. The topological polar surface area (TPSA) is 38.7 Å². The van der Waals surface area contributed by atoms with E-state index in [4.69, 9.17) is 0 Å². The predicted octanol–water partition coefficient (Wildman–Crippen LogP) is 1.36. The summed E-state index contributed by atoms with van der Waals surface area (Å²) in [6.45, 7) is 1.83. The van der Waals surface area contributed by atoms with Crippen LogP contribution < -0.4 is 0 Å². The fraction of sp³-hybridized carbons (Fsp3) is 0.333. The van der Waals surface area contributed by atoms with Crippen LogP contribution in [-0.4, -0.2) is 26.3 Å². The Morgan fingerprint density at radius 3 is 2.58 bits per heavy atom. The molecule has 0 saturated heterocycles. The van der Waals surface area contributed by atoms with Crippen LogP contribution in [0.2, 0.25) is 0 Å². The Balaban J connectivity index is 4.53. The lowest BCUT2D eigenvalue weighted by atomic mass is 10.2. The monoisotopic (exact) mass is 167 g/mol. The summed E-state index contributed by atoms with van der Waals surface area (Å²) >= 11 is 0. The number of methoxy groups -OCH3 is 1. The molecular weight excluding hydrogens is 154 g/mol. The lowest BCUT2D eigenvalue weighted by Crippen LogP contribution is -2.02. The number of nitrogens with zero attached hydrogens (tertiary/aromatic N) is 1. The highest BCUT2D eigenvalue weighted by atomic mass is 16.5. The van der Waals surface area contributed by atoms with Crippen molar-refractivity contribution in [1.82, 2.24) is 0 Å². The van der Waals surface area contributed by atoms with E-state index >= 15 is 0 Å². The van der Waals surface area contributed by atoms with Gasteiger partial charge in [-0.05, 0) is 13.0 Å². The van der Waals surface area contributed by atoms with E-state index in [1.807, 2.05) is 6.92 Å². The van der Waals surface area contributed by atoms with Gasteiger partial charge in [-0.15, -0.1) is 0 Å². The van der Waals surface area contributed by atoms with Crippen molar-refractivity contribution < 1.29 is 9.53 Å². The molecule has 0 radical (unpaired) electrons. The minimum Gasteiger partial charge on any atom is -0.465 e. The molecular formula is C9H13NO2. The molecule has 0 rings (SSSR count). The first-order chi connectivity index (χ1) is 5.76. The van der Waals surface area contributed by atoms with Crippen molar-refractivity contribution in [2.24, 2.45) is 4.99 Å². The molecule has 3 heteroatoms. The van der Waals surface area contributed by atoms with Gasteiger partial charge >= 0.3 is 5.97 Å². The van der Waals surface area contributed by atoms with Gasteiger partial charge in [0.1, 0.15) is 0 Å². The highest BCUT2D eigenvalue weighted by Gasteiger charge is 2.02. The van der Waals surface area contributed by atoms with Crippen molar-refractivity contribution in [3.05, 3.63) is 23.8 Å². The summed E-state index contributed by atoms with van der Waals surface area (Å²) in [5.41, 5.74) is 0.491. The number of rotatable bonds is 3. The maximum atomic E-state index is 11.0. The molecule has 0 saturated carbocycles. The third-order valence-corrected chi connectivity index (χ3v) is 1.17. The van der Waals surface area contributed by atoms with Crippen LogP contribution in [0, 0.1) is 0 Å². The van der Waals surface area contributed by atoms with Gasteiger partial charge in [-0.1, -0.05) is 12.2 Å². The standard InChI is InChI=1S/C9H13NO2/c1-4-5-8(6-7-10-2)9(11)12-3/h4-7H,1-3H3/b5-4-,8-6+,10-7?. The Morgan fingerprint density at radius 1 is 1.50 bits per heavy atom. The first-order valence-electron chi connectivity index (χ1n) is 3.59. The van der Waals surface area contributed by atoms with Gasteiger partial charge in [0.25, 0.3) is 0 Å². The summed E-state index contributed by atoms with van der Waals surface area (Å²) in [6, 6.07) is 0. The van der Waals surface area contributed by atoms with Gasteiger partial charge in [0.05, 0.1) is 12.7 Å². The Morgan fingerprint density at radius 2 is 2.17 bits per heavy atom. The van der Waals surface area contributed by atoms with E-state index in [2.05, 4.69) is 9.73 Å². The summed E-state index contributed by atoms with van der Waals surface area (Å²) in [5, 5.41) is 0. The van der Waals surface area contributed by atoms with Gasteiger partial charge in [0, 0.05) is 13.3 Å². The van der Waals surface area contributed by atoms with Gasteiger partial charge in [-0.3, -0.25) is 4.99 Å². The summed E-state index contributed by atoms with van der Waals surface area (Å²) in [4.78, 5) is 14.7. The van der Waals surface area contributed by atoms with Gasteiger partial charge in [-0.25, -0.2) is 4.79 Å². The number of hydrogen-bond acceptors (Lipinski definition) is 3. The van der Waals surface area contributed by atoms with Crippen LogP contribution in [0.15, 0.2) is 28.8 Å². The van der Waals surface area contributed by atoms with E-state index in [0.29, 0.717) is 5.57 Å². The average Bonchev–Trinajstić information content (AvgIpc) is 2.11. The molecule has 0 aliphatic rings. The number of esters is 1. The Labute approximate surface area is 72.4 Å². The summed E-state index contributed by atoms with van der Waals surface area (Å²) in [5.74, 6) is -0.354. The Hall–Kier alpha value is -1.38. The van der Waals surface area contributed by atoms with Crippen molar-refractivity contribution in [2.75, 3.05) is 14.2 Å². The molecule has 0 aromatic heterocycles. The van der Waals surface area contributed by atoms with E-state index < -0.39 is 0 Å². The number of carbonyl (C=O) groups is 1. The van der Waals surface area contributed by atoms with Crippen LogP contribution >= 0.6 is 0 Å². The van der Waals surface area contributed by atoms with Crippen LogP contribution in [0.5, 0.6) is 0 Å². The third kappa shape index (κ3) is 3.71. The molecule has 0 amide bonds. The predicted molar refractivity (Wildman–Crippen MR) is 49.3 cm³/mol. The molecule has 12 heavy (non-hydrogen) atoms. The Kier molecular flexibility index (Phi) is 5.61. The van der Waals surface area contributed by atoms with Crippen LogP contribution in [-0.2, 0) is 9.53 Å². The maximum Gasteiger partial charge on any atom is 0.337 e. The highest BCUT2D eigenvalue weighted by molar-refractivity contribution is 5.96. The molecule has 0 heterocycles. The van der Waals surface area contributed by atoms with Crippen molar-refractivity contribution >= 4 is 12.2 Å². The fourth-order valence-corrected chi connectivity index (χ4v) is 0.644. The molecule has 0 aliphatic carbocycles. The lowest BCUT2D eigenvalue weighted by Gasteiger charge is -1.96. The van der Waals surface area contributed by atoms with Gasteiger partial charge in [-0.2, -0.15) is 0 Å². The van der Waals surface area contributed by atoms with Crippen LogP contribution in [0.4, 0.5) is 0 Å². The second-order valence-corrected chi connectivity index (χ2v) is 2.02. The third-order valence-electron chi connectivity index (χ3n) is 1.17. The molecule has 0 aromatic rings. The zero-order chi connectivity index (χ0) is 9.40. The number of carbonyl (C=O) groups excluding carboxylic acids is 1. The van der Waals surface area contributed by atoms with Crippen molar-refractivity contribution in [3.63, 3.8) is 0 Å². The normalized spacial score (nSPS) is 12.8. The first kappa shape index (κ1) is 10.6. The molecule has 0 atom stereocenters. The average molecular weight is 167 g/mol. The SMILES string of the molecule is C/C=C\C(=C/C=NC)C(=O)OC. The molecule has 0 spiro atoms. The highest BCUT2D eigenvalue weighted by Crippen LogP contribution is 1.98. The number of hydrogen-bond donors (Lipinski definition) is 0. The van der Waals surface area contributed by atoms with Crippen LogP contribution in [0.3, 0.4) is 0 Å². The van der Waals surface area contributed by atoms with Crippen molar-refractivity contribution in [3.8, 4) is 0 Å². The molecule has 0 aromatic carbocycles. The zero-order valence-electron chi connectivity index (χ0n) is 7.57. The van der Waals surface area contributed by atoms with Gasteiger partial charge < -0.3 is 4.74 Å². The molecule has 0 aliphatic heterocycles. The Bertz CT molecular complexity index is 227. The fourth-order valence-electron chi connectivity index (χ4n) is 0.644. The van der Waals surface area contributed by atoms with Crippen molar-refractivity contribution in [1.29, 1.82) is 0 Å². The summed E-state index contributed by atoms with van der Waals surface area (Å²) < 4.78 is 4.54. The maximum absolute atomic E-state index is 11.0. The molecule has 3 nitrogen and oxygen atoms in total. The smallest absolute Gasteiger partial charge is 0.337 e. The lowest BCUT2D eigenvalue weighted by molar-refractivity contribution is -0.135. The molecule has 66 valence electrons. The van der Waals surface area contributed by atoms with Gasteiger partial charge in [0.15, 0.2) is 0 Å². The second-order valence-electron chi connectivity index (χ2n) is 2.02. The number of ether oxygens (including phenoxy) is 1. The molecule has 0 fully saturated rings. The van der Waals surface area contributed by atoms with Crippen LogP contribution in [0.1, 0.15) is 6.92 Å². The quantitative estimate of drug-likeness (QED) is 0.275. The van der Waals surface area contributed by atoms with E-state index in [1.54, 1.807) is 31.5 Å². The zero-order valence-corrected chi connectivity index (χ0v) is 7.57. The summed E-state index contributed by atoms with van der Waals surface area (Å²) in [6.07, 6.45) is 6.60. The minimum atomic E-state index is -0.354. The van der Waals surface area contributed by atoms with Gasteiger partial charge in [0.2, 0.25) is 0 Å². The molecule has 0 bridgehead atoms. The first-order valence-corrected chi connectivity index (χ1v) is 3.59. The van der Waals surface area contributed by atoms with E-state index in [1.165, 1.54) is 7.11 Å². The van der Waals surface area contributed by atoms with Crippen LogP contribution in [0.25, 0.3) is 0 Å². The van der Waals surface area contributed by atoms with E-state index in [0.717, 1.165) is 0 Å². The van der Waals surface area contributed by atoms with E-state index in [-0.39, 0.29) is 5.97 Å². The van der Waals surface area contributed by atoms with Crippen molar-refractivity contribution in [2.45, 2.75) is 6.92 Å². The second kappa shape index (κ2) is 6.34. The number of allylic oxidation sites excluding steroid dienone is 2. The number of aliphatic imine (C=N–C) groups is 1. The summed E-state index contributed by atoms with van der Waals surface area (Å²) in [7, 11) is 2.99. The molecule has 0 N–H and O–H groups in total. The van der Waals surface area contributed by atoms with E-state index in [9.17, 15) is 4.79 Å². The minimum absolute atomic E-state index is 0.354. The molecule has 0 unspecified atom stereocenters.